The number of phenolic OH excluding ortho intramolecular Hbond substituents is 1. The molecule has 1 fully saturated rings. The molecule has 182 valence electrons. The number of phenols is 1. The van der Waals surface area contributed by atoms with E-state index in [1.165, 1.54) is 36.1 Å². The largest absolute Gasteiger partial charge is 0.508 e. The van der Waals surface area contributed by atoms with Gasteiger partial charge >= 0.3 is 5.97 Å². The zero-order valence-electron chi connectivity index (χ0n) is 18.2. The number of nitrogens with one attached hydrogen (secondary N) is 2. The topological polar surface area (TPSA) is 203 Å². The highest BCUT2D eigenvalue weighted by Crippen LogP contribution is 2.20. The van der Waals surface area contributed by atoms with E-state index in [1.54, 1.807) is 0 Å². The average Bonchev–Trinajstić information content (AvgIpc) is 3.27. The van der Waals surface area contributed by atoms with Gasteiger partial charge < -0.3 is 41.7 Å². The lowest BCUT2D eigenvalue weighted by Crippen LogP contribution is -2.60. The number of carbonyl (C=O) groups is 4. The lowest BCUT2D eigenvalue weighted by molar-refractivity contribution is -0.146. The summed E-state index contributed by atoms with van der Waals surface area (Å²) in [4.78, 5) is 50.8. The van der Waals surface area contributed by atoms with Crippen LogP contribution in [0, 0.1) is 0 Å². The van der Waals surface area contributed by atoms with Crippen molar-refractivity contribution < 1.29 is 39.6 Å². The predicted octanol–water partition coefficient (Wildman–Crippen LogP) is -2.32. The van der Waals surface area contributed by atoms with Crippen molar-refractivity contribution in [2.45, 2.75) is 56.5 Å². The summed E-state index contributed by atoms with van der Waals surface area (Å²) in [5.74, 6) is -3.47. The van der Waals surface area contributed by atoms with Crippen molar-refractivity contribution in [3.8, 4) is 5.75 Å². The number of hydrogen-bond donors (Lipinski definition) is 7. The molecule has 33 heavy (non-hydrogen) atoms. The second kappa shape index (κ2) is 11.6. The second-order valence-electron chi connectivity index (χ2n) is 7.98. The summed E-state index contributed by atoms with van der Waals surface area (Å²) in [5, 5.41) is 42.7. The van der Waals surface area contributed by atoms with Gasteiger partial charge in [-0.15, -0.1) is 0 Å². The van der Waals surface area contributed by atoms with Crippen LogP contribution in [0.4, 0.5) is 0 Å². The van der Waals surface area contributed by atoms with Crippen molar-refractivity contribution in [3.05, 3.63) is 29.8 Å². The van der Waals surface area contributed by atoms with Crippen LogP contribution in [0.2, 0.25) is 0 Å². The number of nitrogens with two attached hydrogens (primary N) is 1. The number of aliphatic hydroxyl groups excluding tert-OH is 2. The van der Waals surface area contributed by atoms with Gasteiger partial charge in [0, 0.05) is 13.0 Å². The van der Waals surface area contributed by atoms with Gasteiger partial charge in [0.25, 0.3) is 0 Å². The van der Waals surface area contributed by atoms with E-state index < -0.39 is 60.6 Å². The van der Waals surface area contributed by atoms with E-state index in [9.17, 15) is 34.5 Å². The Hall–Kier alpha value is -3.22. The molecule has 5 atom stereocenters. The highest BCUT2D eigenvalue weighted by molar-refractivity contribution is 5.94. The van der Waals surface area contributed by atoms with Crippen molar-refractivity contribution >= 4 is 23.7 Å². The summed E-state index contributed by atoms with van der Waals surface area (Å²) >= 11 is 0. The van der Waals surface area contributed by atoms with Crippen LogP contribution in [0.5, 0.6) is 5.75 Å². The number of rotatable bonds is 10. The summed E-state index contributed by atoms with van der Waals surface area (Å²) in [5.41, 5.74) is 6.03. The van der Waals surface area contributed by atoms with E-state index in [0.29, 0.717) is 12.0 Å². The number of carboxylic acid groups (broad SMARTS) is 1. The number of carboxylic acids is 1. The Kier molecular flexibility index (Phi) is 9.14. The van der Waals surface area contributed by atoms with Crippen molar-refractivity contribution in [1.82, 2.24) is 15.5 Å². The summed E-state index contributed by atoms with van der Waals surface area (Å²) < 4.78 is 0. The van der Waals surface area contributed by atoms with Crippen LogP contribution in [0.3, 0.4) is 0 Å². The molecule has 5 unspecified atom stereocenters. The smallest absolute Gasteiger partial charge is 0.326 e. The fraction of sp³-hybridized carbons (Fsp3) is 0.524. The van der Waals surface area contributed by atoms with Crippen LogP contribution in [-0.4, -0.2) is 92.4 Å². The van der Waals surface area contributed by atoms with Crippen molar-refractivity contribution in [1.29, 1.82) is 0 Å². The average molecular weight is 466 g/mol. The minimum Gasteiger partial charge on any atom is -0.508 e. The van der Waals surface area contributed by atoms with Crippen LogP contribution in [0.25, 0.3) is 0 Å². The quantitative estimate of drug-likeness (QED) is 0.197. The third kappa shape index (κ3) is 6.88. The maximum Gasteiger partial charge on any atom is 0.326 e. The van der Waals surface area contributed by atoms with Crippen LogP contribution < -0.4 is 16.4 Å². The van der Waals surface area contributed by atoms with Gasteiger partial charge in [-0.2, -0.15) is 0 Å². The Morgan fingerprint density at radius 2 is 1.82 bits per heavy atom. The van der Waals surface area contributed by atoms with Gasteiger partial charge in [-0.3, -0.25) is 14.4 Å². The van der Waals surface area contributed by atoms with Gasteiger partial charge in [-0.05, 0) is 37.5 Å². The number of carbonyl (C=O) groups excluding carboxylic acids is 3. The highest BCUT2D eigenvalue weighted by Gasteiger charge is 2.40. The van der Waals surface area contributed by atoms with Crippen LogP contribution in [0.15, 0.2) is 24.3 Å². The van der Waals surface area contributed by atoms with Crippen molar-refractivity contribution in [2.24, 2.45) is 5.73 Å². The molecule has 1 aromatic carbocycles. The molecule has 1 aliphatic rings. The first-order valence-corrected chi connectivity index (χ1v) is 10.5. The van der Waals surface area contributed by atoms with E-state index in [4.69, 9.17) is 10.8 Å². The molecule has 12 nitrogen and oxygen atoms in total. The molecule has 1 aromatic rings. The molecule has 1 aliphatic heterocycles. The second-order valence-corrected chi connectivity index (χ2v) is 7.98. The van der Waals surface area contributed by atoms with Crippen molar-refractivity contribution in [2.75, 3.05) is 13.2 Å². The molecule has 0 aliphatic carbocycles. The number of likely N-dealkylation sites (tertiary alicyclic amines) is 1. The van der Waals surface area contributed by atoms with E-state index in [-0.39, 0.29) is 25.1 Å². The molecule has 2 rings (SSSR count). The summed E-state index contributed by atoms with van der Waals surface area (Å²) in [6.07, 6.45) is -0.596. The Morgan fingerprint density at radius 1 is 1.18 bits per heavy atom. The standard InChI is InChI=1S/C21H30N4O8/c1-11(27)17(24-18(29)14(22)10-26)20(31)25-8-2-3-16(25)19(30)23-15(21(32)33)9-12-4-6-13(28)7-5-12/h4-7,11,14-17,26-28H,2-3,8-10,22H2,1H3,(H,23,30)(H,24,29)(H,32,33). The number of aliphatic hydroxyl groups is 2. The predicted molar refractivity (Wildman–Crippen MR) is 115 cm³/mol. The molecule has 0 spiro atoms. The molecule has 8 N–H and O–H groups in total. The fourth-order valence-electron chi connectivity index (χ4n) is 3.55. The van der Waals surface area contributed by atoms with Gasteiger partial charge in [-0.25, -0.2) is 4.79 Å². The Balaban J connectivity index is 2.11. The number of aliphatic carboxylic acids is 1. The van der Waals surface area contributed by atoms with Gasteiger partial charge in [0.2, 0.25) is 17.7 Å². The molecule has 0 radical (unpaired) electrons. The fourth-order valence-corrected chi connectivity index (χ4v) is 3.55. The first kappa shape index (κ1) is 26.0. The lowest BCUT2D eigenvalue weighted by Gasteiger charge is -2.31. The molecular weight excluding hydrogens is 436 g/mol. The van der Waals surface area contributed by atoms with Crippen LogP contribution >= 0.6 is 0 Å². The minimum absolute atomic E-state index is 0.0227. The van der Waals surface area contributed by atoms with Gasteiger partial charge in [-0.1, -0.05) is 12.1 Å². The number of benzene rings is 1. The van der Waals surface area contributed by atoms with Crippen LogP contribution in [0.1, 0.15) is 25.3 Å². The first-order chi connectivity index (χ1) is 15.5. The summed E-state index contributed by atoms with van der Waals surface area (Å²) in [6.45, 7) is 0.813. The molecule has 0 aromatic heterocycles. The molecular formula is C21H30N4O8. The molecule has 1 heterocycles. The third-order valence-electron chi connectivity index (χ3n) is 5.41. The van der Waals surface area contributed by atoms with E-state index >= 15 is 0 Å². The van der Waals surface area contributed by atoms with E-state index in [2.05, 4.69) is 10.6 Å². The Labute approximate surface area is 190 Å². The maximum absolute atomic E-state index is 13.0. The van der Waals surface area contributed by atoms with Crippen molar-refractivity contribution in [3.63, 3.8) is 0 Å². The summed E-state index contributed by atoms with van der Waals surface area (Å²) in [7, 11) is 0. The zero-order chi connectivity index (χ0) is 24.7. The number of hydrogen-bond acceptors (Lipinski definition) is 8. The van der Waals surface area contributed by atoms with Gasteiger partial charge in [0.1, 0.15) is 29.9 Å². The van der Waals surface area contributed by atoms with E-state index in [1.807, 2.05) is 0 Å². The number of aromatic hydroxyl groups is 1. The van der Waals surface area contributed by atoms with Gasteiger partial charge in [0.05, 0.1) is 12.7 Å². The van der Waals surface area contributed by atoms with Crippen LogP contribution in [-0.2, 0) is 25.6 Å². The molecule has 0 bridgehead atoms. The molecule has 0 saturated carbocycles. The number of amides is 3. The zero-order valence-corrected chi connectivity index (χ0v) is 18.2. The first-order valence-electron chi connectivity index (χ1n) is 10.5. The van der Waals surface area contributed by atoms with E-state index in [0.717, 1.165) is 0 Å². The Bertz CT molecular complexity index is 860. The minimum atomic E-state index is -1.39. The molecule has 12 heteroatoms. The molecule has 3 amide bonds. The maximum atomic E-state index is 13.0. The molecule has 1 saturated heterocycles. The number of nitrogens with zero attached hydrogens (tertiary/aromatic N) is 1. The third-order valence-corrected chi connectivity index (χ3v) is 5.41. The monoisotopic (exact) mass is 466 g/mol. The lowest BCUT2D eigenvalue weighted by atomic mass is 10.0. The highest BCUT2D eigenvalue weighted by atomic mass is 16.4. The Morgan fingerprint density at radius 3 is 2.36 bits per heavy atom. The summed E-state index contributed by atoms with van der Waals surface area (Å²) in [6, 6.07) is 0.953. The SMILES string of the molecule is CC(O)C(NC(=O)C(N)CO)C(=O)N1CCCC1C(=O)NC(Cc1ccc(O)cc1)C(=O)O. The normalized spacial score (nSPS) is 19.3. The van der Waals surface area contributed by atoms with Gasteiger partial charge in [0.15, 0.2) is 0 Å².